The van der Waals surface area contributed by atoms with Crippen molar-refractivity contribution in [3.8, 4) is 0 Å². The van der Waals surface area contributed by atoms with Gasteiger partial charge in [-0.3, -0.25) is 0 Å². The minimum absolute atomic E-state index is 0.0934. The van der Waals surface area contributed by atoms with Gasteiger partial charge in [-0.15, -0.1) is 0 Å². The monoisotopic (exact) mass is 281 g/mol. The summed E-state index contributed by atoms with van der Waals surface area (Å²) in [5.41, 5.74) is 6.31. The molecule has 4 atom stereocenters. The molecule has 0 unspecified atom stereocenters. The molecule has 0 amide bonds. The van der Waals surface area contributed by atoms with Crippen LogP contribution in [0.25, 0.3) is 6.08 Å². The number of carboxylic acids is 1. The van der Waals surface area contributed by atoms with E-state index in [4.69, 9.17) is 10.8 Å². The van der Waals surface area contributed by atoms with Crippen LogP contribution in [0.2, 0.25) is 0 Å². The third-order valence-corrected chi connectivity index (χ3v) is 2.89. The molecular weight excluding hydrogens is 262 g/mol. The van der Waals surface area contributed by atoms with E-state index in [9.17, 15) is 20.1 Å². The van der Waals surface area contributed by atoms with Gasteiger partial charge in [0.2, 0.25) is 0 Å². The summed E-state index contributed by atoms with van der Waals surface area (Å²) in [6.07, 6.45) is -1.20. The molecule has 1 rings (SSSR count). The summed E-state index contributed by atoms with van der Waals surface area (Å²) in [5.74, 6) is -1.54. The van der Waals surface area contributed by atoms with E-state index in [-0.39, 0.29) is 6.42 Å². The van der Waals surface area contributed by atoms with Gasteiger partial charge in [-0.1, -0.05) is 42.5 Å². The van der Waals surface area contributed by atoms with Crippen molar-refractivity contribution in [2.24, 2.45) is 5.73 Å². The molecule has 0 saturated heterocycles. The van der Waals surface area contributed by atoms with Gasteiger partial charge in [0.15, 0.2) is 6.10 Å². The minimum Gasteiger partial charge on any atom is -0.479 e. The summed E-state index contributed by atoms with van der Waals surface area (Å²) in [6, 6.07) is 7.90. The highest BCUT2D eigenvalue weighted by molar-refractivity contribution is 5.73. The molecule has 0 saturated carbocycles. The average Bonchev–Trinajstić information content (AvgIpc) is 2.45. The van der Waals surface area contributed by atoms with Gasteiger partial charge in [-0.05, 0) is 12.0 Å². The summed E-state index contributed by atoms with van der Waals surface area (Å²) < 4.78 is 0. The van der Waals surface area contributed by atoms with E-state index in [0.29, 0.717) is 0 Å². The third kappa shape index (κ3) is 4.75. The van der Waals surface area contributed by atoms with Gasteiger partial charge in [-0.25, -0.2) is 4.79 Å². The molecule has 1 aromatic rings. The molecule has 0 fully saturated rings. The van der Waals surface area contributed by atoms with Crippen LogP contribution in [0.15, 0.2) is 36.4 Å². The quantitative estimate of drug-likeness (QED) is 0.462. The van der Waals surface area contributed by atoms with Gasteiger partial charge in [0.1, 0.15) is 0 Å². The highest BCUT2D eigenvalue weighted by atomic mass is 16.4. The number of hydrogen-bond acceptors (Lipinski definition) is 5. The Morgan fingerprint density at radius 1 is 1.20 bits per heavy atom. The Labute approximate surface area is 116 Å². The van der Waals surface area contributed by atoms with Gasteiger partial charge in [0.05, 0.1) is 18.2 Å². The molecule has 6 nitrogen and oxygen atoms in total. The standard InChI is InChI=1S/C14H19NO5/c15-11(13(18)14(19)20)12(17)10(16)8-4-7-9-5-2-1-3-6-9/h1-7,10-13,16-18H,8,15H2,(H,19,20)/t10-,11+,12+,13-/m0/s1. The van der Waals surface area contributed by atoms with E-state index in [2.05, 4.69) is 0 Å². The lowest BCUT2D eigenvalue weighted by molar-refractivity contribution is -0.150. The fourth-order valence-electron chi connectivity index (χ4n) is 1.66. The van der Waals surface area contributed by atoms with Crippen LogP contribution >= 0.6 is 0 Å². The van der Waals surface area contributed by atoms with Gasteiger partial charge >= 0.3 is 5.97 Å². The van der Waals surface area contributed by atoms with Crippen LogP contribution in [-0.4, -0.2) is 50.7 Å². The first-order chi connectivity index (χ1) is 9.43. The molecule has 0 spiro atoms. The molecule has 0 aliphatic carbocycles. The Kier molecular flexibility index (Phi) is 6.33. The lowest BCUT2D eigenvalue weighted by atomic mass is 9.98. The van der Waals surface area contributed by atoms with Gasteiger partial charge in [0.25, 0.3) is 0 Å². The van der Waals surface area contributed by atoms with E-state index in [1.165, 1.54) is 0 Å². The van der Waals surface area contributed by atoms with Crippen LogP contribution in [0.1, 0.15) is 12.0 Å². The van der Waals surface area contributed by atoms with Crippen molar-refractivity contribution in [3.63, 3.8) is 0 Å². The van der Waals surface area contributed by atoms with E-state index >= 15 is 0 Å². The number of aliphatic hydroxyl groups is 3. The van der Waals surface area contributed by atoms with Crippen molar-refractivity contribution in [2.45, 2.75) is 30.8 Å². The first kappa shape index (κ1) is 16.3. The maximum Gasteiger partial charge on any atom is 0.334 e. The van der Waals surface area contributed by atoms with Crippen molar-refractivity contribution in [1.29, 1.82) is 0 Å². The lowest BCUT2D eigenvalue weighted by Crippen LogP contribution is -2.52. The number of benzene rings is 1. The van der Waals surface area contributed by atoms with Crippen molar-refractivity contribution in [1.82, 2.24) is 0 Å². The summed E-state index contributed by atoms with van der Waals surface area (Å²) in [7, 11) is 0. The normalized spacial score (nSPS) is 17.6. The van der Waals surface area contributed by atoms with E-state index < -0.39 is 30.3 Å². The molecule has 6 N–H and O–H groups in total. The van der Waals surface area contributed by atoms with Crippen LogP contribution in [0.4, 0.5) is 0 Å². The lowest BCUT2D eigenvalue weighted by Gasteiger charge is -2.24. The van der Waals surface area contributed by atoms with Crippen molar-refractivity contribution in [2.75, 3.05) is 0 Å². The zero-order chi connectivity index (χ0) is 15.1. The predicted octanol–water partition coefficient (Wildman–Crippen LogP) is -0.416. The summed E-state index contributed by atoms with van der Waals surface area (Å²) in [4.78, 5) is 10.5. The van der Waals surface area contributed by atoms with Crippen molar-refractivity contribution in [3.05, 3.63) is 42.0 Å². The molecule has 0 aliphatic rings. The smallest absolute Gasteiger partial charge is 0.334 e. The van der Waals surface area contributed by atoms with E-state index in [0.717, 1.165) is 5.56 Å². The Hall–Kier alpha value is -1.73. The second-order valence-electron chi connectivity index (χ2n) is 4.47. The van der Waals surface area contributed by atoms with Gasteiger partial charge < -0.3 is 26.2 Å². The predicted molar refractivity (Wildman–Crippen MR) is 73.7 cm³/mol. The van der Waals surface area contributed by atoms with E-state index in [1.54, 1.807) is 12.2 Å². The SMILES string of the molecule is N[C@H]([C@H](O)[C@@H](O)CC=Cc1ccccc1)[C@H](O)C(=O)O. The zero-order valence-corrected chi connectivity index (χ0v) is 10.8. The number of rotatable bonds is 7. The fraction of sp³-hybridized carbons (Fsp3) is 0.357. The fourth-order valence-corrected chi connectivity index (χ4v) is 1.66. The largest absolute Gasteiger partial charge is 0.479 e. The molecule has 110 valence electrons. The maximum atomic E-state index is 10.5. The number of aliphatic carboxylic acids is 1. The molecule has 0 bridgehead atoms. The number of aliphatic hydroxyl groups excluding tert-OH is 3. The second kappa shape index (κ2) is 7.76. The van der Waals surface area contributed by atoms with Gasteiger partial charge in [0, 0.05) is 0 Å². The topological polar surface area (TPSA) is 124 Å². The average molecular weight is 281 g/mol. The number of carbonyl (C=O) groups is 1. The molecule has 1 aromatic carbocycles. The zero-order valence-electron chi connectivity index (χ0n) is 10.8. The van der Waals surface area contributed by atoms with E-state index in [1.807, 2.05) is 30.3 Å². The molecule has 0 aliphatic heterocycles. The number of nitrogens with two attached hydrogens (primary N) is 1. The maximum absolute atomic E-state index is 10.5. The summed E-state index contributed by atoms with van der Waals surface area (Å²) in [5, 5.41) is 37.2. The Morgan fingerprint density at radius 2 is 1.80 bits per heavy atom. The van der Waals surface area contributed by atoms with Crippen LogP contribution in [0.5, 0.6) is 0 Å². The van der Waals surface area contributed by atoms with Crippen LogP contribution in [0.3, 0.4) is 0 Å². The molecule has 6 heteroatoms. The first-order valence-electron chi connectivity index (χ1n) is 6.17. The van der Waals surface area contributed by atoms with Crippen LogP contribution in [0, 0.1) is 0 Å². The molecular formula is C14H19NO5. The molecule has 0 radical (unpaired) electrons. The molecule has 0 aromatic heterocycles. The number of hydrogen-bond donors (Lipinski definition) is 5. The Morgan fingerprint density at radius 3 is 2.35 bits per heavy atom. The van der Waals surface area contributed by atoms with Crippen LogP contribution in [-0.2, 0) is 4.79 Å². The summed E-state index contributed by atoms with van der Waals surface area (Å²) >= 11 is 0. The summed E-state index contributed by atoms with van der Waals surface area (Å²) in [6.45, 7) is 0. The van der Waals surface area contributed by atoms with Crippen LogP contribution < -0.4 is 5.73 Å². The first-order valence-corrected chi connectivity index (χ1v) is 6.17. The minimum atomic E-state index is -1.92. The number of carboxylic acid groups (broad SMARTS) is 1. The Bertz CT molecular complexity index is 448. The van der Waals surface area contributed by atoms with Gasteiger partial charge in [-0.2, -0.15) is 0 Å². The van der Waals surface area contributed by atoms with Crippen molar-refractivity contribution >= 4 is 12.0 Å². The third-order valence-electron chi connectivity index (χ3n) is 2.89. The highest BCUT2D eigenvalue weighted by Crippen LogP contribution is 2.09. The Balaban J connectivity index is 2.51. The highest BCUT2D eigenvalue weighted by Gasteiger charge is 2.32. The molecule has 20 heavy (non-hydrogen) atoms. The second-order valence-corrected chi connectivity index (χ2v) is 4.47. The molecule has 0 heterocycles. The van der Waals surface area contributed by atoms with Crippen molar-refractivity contribution < 1.29 is 25.2 Å².